The molecular formula is C43H28N4O. The third kappa shape index (κ3) is 4.18. The molecule has 5 nitrogen and oxygen atoms in total. The lowest BCUT2D eigenvalue weighted by Gasteiger charge is -2.24. The molecule has 48 heavy (non-hydrogen) atoms. The van der Waals surface area contributed by atoms with Gasteiger partial charge in [-0.15, -0.1) is 0 Å². The Morgan fingerprint density at radius 3 is 1.88 bits per heavy atom. The second kappa shape index (κ2) is 10.5. The van der Waals surface area contributed by atoms with Crippen LogP contribution in [0.15, 0.2) is 172 Å². The number of furan rings is 1. The van der Waals surface area contributed by atoms with Gasteiger partial charge in [-0.3, -0.25) is 4.57 Å². The zero-order chi connectivity index (χ0) is 31.6. The minimum atomic E-state index is -0.316. The van der Waals surface area contributed by atoms with Crippen molar-refractivity contribution in [1.82, 2.24) is 9.88 Å². The van der Waals surface area contributed by atoms with E-state index < -0.39 is 0 Å². The van der Waals surface area contributed by atoms with Gasteiger partial charge in [-0.2, -0.15) is 4.99 Å². The van der Waals surface area contributed by atoms with Crippen LogP contribution in [-0.4, -0.2) is 16.4 Å². The lowest BCUT2D eigenvalue weighted by Crippen LogP contribution is -2.35. The fourth-order valence-corrected chi connectivity index (χ4v) is 7.19. The van der Waals surface area contributed by atoms with E-state index in [1.807, 2.05) is 6.07 Å². The molecule has 226 valence electrons. The van der Waals surface area contributed by atoms with E-state index in [0.29, 0.717) is 5.96 Å². The Morgan fingerprint density at radius 1 is 0.521 bits per heavy atom. The van der Waals surface area contributed by atoms with Crippen molar-refractivity contribution < 1.29 is 4.42 Å². The molecule has 10 rings (SSSR count). The van der Waals surface area contributed by atoms with E-state index in [-0.39, 0.29) is 6.17 Å². The lowest BCUT2D eigenvalue weighted by atomic mass is 9.97. The number of rotatable bonds is 3. The number of aromatic nitrogens is 1. The molecule has 1 aliphatic heterocycles. The van der Waals surface area contributed by atoms with Gasteiger partial charge in [0.2, 0.25) is 5.96 Å². The molecule has 1 aliphatic rings. The summed E-state index contributed by atoms with van der Waals surface area (Å²) in [4.78, 5) is 10.4. The van der Waals surface area contributed by atoms with Crippen molar-refractivity contribution in [2.24, 2.45) is 9.98 Å². The quantitative estimate of drug-likeness (QED) is 0.215. The van der Waals surface area contributed by atoms with Crippen LogP contribution in [0.25, 0.3) is 65.6 Å². The van der Waals surface area contributed by atoms with Crippen molar-refractivity contribution in [3.63, 3.8) is 0 Å². The van der Waals surface area contributed by atoms with E-state index in [1.165, 1.54) is 27.1 Å². The maximum atomic E-state index is 6.35. The zero-order valence-electron chi connectivity index (χ0n) is 25.8. The number of hydrogen-bond acceptors (Lipinski definition) is 4. The topological polar surface area (TPSA) is 54.8 Å². The maximum Gasteiger partial charge on any atom is 0.234 e. The normalized spacial score (nSPS) is 14.9. The van der Waals surface area contributed by atoms with Crippen LogP contribution in [0.3, 0.4) is 0 Å². The van der Waals surface area contributed by atoms with Gasteiger partial charge in [-0.05, 0) is 69.9 Å². The van der Waals surface area contributed by atoms with E-state index >= 15 is 0 Å². The summed E-state index contributed by atoms with van der Waals surface area (Å²) in [5, 5.41) is 10.6. The molecule has 3 heterocycles. The van der Waals surface area contributed by atoms with Crippen LogP contribution in [0, 0.1) is 0 Å². The second-order valence-corrected chi connectivity index (χ2v) is 12.3. The van der Waals surface area contributed by atoms with Crippen LogP contribution >= 0.6 is 0 Å². The first kappa shape index (κ1) is 26.7. The summed E-state index contributed by atoms with van der Waals surface area (Å²) in [6, 6.07) is 55.1. The van der Waals surface area contributed by atoms with Gasteiger partial charge >= 0.3 is 0 Å². The lowest BCUT2D eigenvalue weighted by molar-refractivity contribution is 0.667. The number of aliphatic imine (C=N–C) groups is 2. The molecule has 9 aromatic rings. The van der Waals surface area contributed by atoms with Crippen molar-refractivity contribution in [2.75, 3.05) is 0 Å². The van der Waals surface area contributed by atoms with E-state index in [9.17, 15) is 0 Å². The summed E-state index contributed by atoms with van der Waals surface area (Å²) in [7, 11) is 0. The molecular weight excluding hydrogens is 589 g/mol. The van der Waals surface area contributed by atoms with Crippen molar-refractivity contribution in [3.8, 4) is 11.1 Å². The van der Waals surface area contributed by atoms with Gasteiger partial charge < -0.3 is 9.73 Å². The minimum Gasteiger partial charge on any atom is -0.456 e. The van der Waals surface area contributed by atoms with Crippen molar-refractivity contribution >= 4 is 66.3 Å². The molecule has 2 aromatic heterocycles. The van der Waals surface area contributed by atoms with E-state index in [4.69, 9.17) is 14.4 Å². The SMILES string of the molecule is c1ccc(C2N=C(n3c4ccccc4c4ccccc43)N=C(c3ccc4oc5ccc(-c6cccc7ccccc67)cc5c4c3)N2)cc1. The molecule has 0 saturated carbocycles. The maximum absolute atomic E-state index is 6.35. The second-order valence-electron chi connectivity index (χ2n) is 12.3. The van der Waals surface area contributed by atoms with Crippen molar-refractivity contribution in [1.29, 1.82) is 0 Å². The van der Waals surface area contributed by atoms with Crippen LogP contribution in [0.4, 0.5) is 0 Å². The predicted octanol–water partition coefficient (Wildman–Crippen LogP) is 10.5. The van der Waals surface area contributed by atoms with Crippen LogP contribution in [0.2, 0.25) is 0 Å². The average Bonchev–Trinajstić information content (AvgIpc) is 3.70. The van der Waals surface area contributed by atoms with Gasteiger partial charge in [-0.25, -0.2) is 4.99 Å². The van der Waals surface area contributed by atoms with Gasteiger partial charge in [0.05, 0.1) is 11.0 Å². The predicted molar refractivity (Wildman–Crippen MR) is 198 cm³/mol. The molecule has 0 fully saturated rings. The minimum absolute atomic E-state index is 0.316. The number of amidine groups is 1. The fraction of sp³-hybridized carbons (Fsp3) is 0.0233. The highest BCUT2D eigenvalue weighted by Gasteiger charge is 2.24. The first-order valence-electron chi connectivity index (χ1n) is 16.2. The van der Waals surface area contributed by atoms with Crippen molar-refractivity contribution in [3.05, 3.63) is 169 Å². The van der Waals surface area contributed by atoms with Crippen LogP contribution in [-0.2, 0) is 0 Å². The molecule has 7 aromatic carbocycles. The summed E-state index contributed by atoms with van der Waals surface area (Å²) in [6.45, 7) is 0. The van der Waals surface area contributed by atoms with Gasteiger partial charge in [0.1, 0.15) is 23.2 Å². The molecule has 1 unspecified atom stereocenters. The Bertz CT molecular complexity index is 2710. The molecule has 0 aliphatic carbocycles. The summed E-state index contributed by atoms with van der Waals surface area (Å²) < 4.78 is 8.54. The number of nitrogens with zero attached hydrogens (tertiary/aromatic N) is 3. The number of benzene rings is 7. The van der Waals surface area contributed by atoms with Crippen LogP contribution in [0.5, 0.6) is 0 Å². The highest BCUT2D eigenvalue weighted by molar-refractivity contribution is 6.18. The molecule has 0 radical (unpaired) electrons. The Kier molecular flexibility index (Phi) is 5.87. The summed E-state index contributed by atoms with van der Waals surface area (Å²) >= 11 is 0. The number of hydrogen-bond donors (Lipinski definition) is 1. The number of fused-ring (bicyclic) bond motifs is 7. The van der Waals surface area contributed by atoms with E-state index in [1.54, 1.807) is 0 Å². The Balaban J connectivity index is 1.15. The molecule has 0 amide bonds. The standard InChI is InChI=1S/C43H28N4O/c1-2-12-28(13-3-1)41-44-42(46-43(45-41)47-37-19-8-6-16-33(37)34-17-7-9-20-38(34)47)30-22-24-40-36(26-30)35-25-29(21-23-39(35)48-40)32-18-10-14-27-11-4-5-15-31(27)32/h1-26,41H,(H,44,45,46). The van der Waals surface area contributed by atoms with Gasteiger partial charge in [0.15, 0.2) is 0 Å². The molecule has 1 N–H and O–H groups in total. The van der Waals surface area contributed by atoms with Crippen LogP contribution < -0.4 is 5.32 Å². The smallest absolute Gasteiger partial charge is 0.234 e. The first-order valence-corrected chi connectivity index (χ1v) is 16.2. The number of para-hydroxylation sites is 2. The number of nitrogens with one attached hydrogen (secondary N) is 1. The summed E-state index contributed by atoms with van der Waals surface area (Å²) in [6.07, 6.45) is -0.316. The third-order valence-corrected chi connectivity index (χ3v) is 9.47. The van der Waals surface area contributed by atoms with Gasteiger partial charge in [0, 0.05) is 27.1 Å². The highest BCUT2D eigenvalue weighted by Crippen LogP contribution is 2.36. The average molecular weight is 617 g/mol. The van der Waals surface area contributed by atoms with Gasteiger partial charge in [0.25, 0.3) is 0 Å². The monoisotopic (exact) mass is 616 g/mol. The van der Waals surface area contributed by atoms with Crippen LogP contribution in [0.1, 0.15) is 17.3 Å². The molecule has 0 bridgehead atoms. The Hall–Kier alpha value is -6.46. The molecule has 0 saturated heterocycles. The molecule has 5 heteroatoms. The summed E-state index contributed by atoms with van der Waals surface area (Å²) in [5.74, 6) is 1.41. The molecule has 0 spiro atoms. The van der Waals surface area contributed by atoms with Crippen molar-refractivity contribution in [2.45, 2.75) is 6.17 Å². The zero-order valence-corrected chi connectivity index (χ0v) is 25.8. The van der Waals surface area contributed by atoms with E-state index in [0.717, 1.165) is 55.5 Å². The highest BCUT2D eigenvalue weighted by atomic mass is 16.3. The first-order chi connectivity index (χ1) is 23.8. The van der Waals surface area contributed by atoms with Gasteiger partial charge in [-0.1, -0.05) is 115 Å². The van der Waals surface area contributed by atoms with E-state index in [2.05, 4.69) is 162 Å². The Labute approximate surface area is 276 Å². The fourth-order valence-electron chi connectivity index (χ4n) is 7.19. The largest absolute Gasteiger partial charge is 0.456 e. The summed E-state index contributed by atoms with van der Waals surface area (Å²) in [5.41, 5.74) is 8.25. The third-order valence-electron chi connectivity index (χ3n) is 9.47. The molecule has 1 atom stereocenters. The Morgan fingerprint density at radius 2 is 1.12 bits per heavy atom.